The summed E-state index contributed by atoms with van der Waals surface area (Å²) >= 11 is 0. The van der Waals surface area contributed by atoms with Gasteiger partial charge in [-0.2, -0.15) is 5.10 Å². The Morgan fingerprint density at radius 2 is 2.14 bits per heavy atom. The molecule has 1 saturated heterocycles. The molecule has 1 aromatic heterocycles. The summed E-state index contributed by atoms with van der Waals surface area (Å²) in [6.07, 6.45) is 1.76. The van der Waals surface area contributed by atoms with Crippen molar-refractivity contribution in [1.82, 2.24) is 20.4 Å². The fraction of sp³-hybridized carbons (Fsp3) is 0.267. The number of nitrogens with zero attached hydrogens (tertiary/aromatic N) is 2. The molecule has 1 aliphatic rings. The van der Waals surface area contributed by atoms with Crippen molar-refractivity contribution in [2.45, 2.75) is 19.0 Å². The molecule has 1 aromatic carbocycles. The number of halogens is 1. The Kier molecular flexibility index (Phi) is 3.86. The van der Waals surface area contributed by atoms with E-state index in [0.29, 0.717) is 18.8 Å². The highest BCUT2D eigenvalue weighted by molar-refractivity contribution is 5.93. The second-order valence-electron chi connectivity index (χ2n) is 5.25. The highest BCUT2D eigenvalue weighted by atomic mass is 19.1. The summed E-state index contributed by atoms with van der Waals surface area (Å²) in [4.78, 5) is 25.6. The first-order valence-corrected chi connectivity index (χ1v) is 6.94. The highest BCUT2D eigenvalue weighted by Crippen LogP contribution is 2.16. The SMILES string of the molecule is O=C(NC1CC(=O)N(Cc2ccc(F)cc2)C1)c1ccn[nH]1. The molecule has 0 spiro atoms. The molecule has 2 aromatic rings. The van der Waals surface area contributed by atoms with Crippen LogP contribution in [0.25, 0.3) is 0 Å². The number of hydrogen-bond donors (Lipinski definition) is 2. The number of amides is 2. The van der Waals surface area contributed by atoms with E-state index >= 15 is 0 Å². The Hall–Kier alpha value is -2.70. The summed E-state index contributed by atoms with van der Waals surface area (Å²) < 4.78 is 12.9. The van der Waals surface area contributed by atoms with Crippen LogP contribution in [0.4, 0.5) is 4.39 Å². The molecule has 0 aliphatic carbocycles. The number of aromatic nitrogens is 2. The van der Waals surface area contributed by atoms with Gasteiger partial charge < -0.3 is 10.2 Å². The number of nitrogens with one attached hydrogen (secondary N) is 2. The Labute approximate surface area is 126 Å². The van der Waals surface area contributed by atoms with Crippen molar-refractivity contribution in [3.05, 3.63) is 53.6 Å². The van der Waals surface area contributed by atoms with Gasteiger partial charge in [0.15, 0.2) is 0 Å². The van der Waals surface area contributed by atoms with Gasteiger partial charge in [0.05, 0.1) is 6.04 Å². The fourth-order valence-electron chi connectivity index (χ4n) is 2.48. The third-order valence-electron chi connectivity index (χ3n) is 3.58. The lowest BCUT2D eigenvalue weighted by molar-refractivity contribution is -0.128. The molecule has 2 amide bonds. The van der Waals surface area contributed by atoms with Gasteiger partial charge in [-0.05, 0) is 23.8 Å². The van der Waals surface area contributed by atoms with E-state index in [1.165, 1.54) is 18.3 Å². The van der Waals surface area contributed by atoms with E-state index in [9.17, 15) is 14.0 Å². The Balaban J connectivity index is 1.58. The summed E-state index contributed by atoms with van der Waals surface area (Å²) in [7, 11) is 0. The predicted molar refractivity (Wildman–Crippen MR) is 76.3 cm³/mol. The van der Waals surface area contributed by atoms with Crippen molar-refractivity contribution in [3.8, 4) is 0 Å². The van der Waals surface area contributed by atoms with Crippen LogP contribution in [-0.4, -0.2) is 39.5 Å². The lowest BCUT2D eigenvalue weighted by atomic mass is 10.2. The van der Waals surface area contributed by atoms with Gasteiger partial charge in [-0.1, -0.05) is 12.1 Å². The van der Waals surface area contributed by atoms with Crippen LogP contribution in [-0.2, 0) is 11.3 Å². The molecular formula is C15H15FN4O2. The summed E-state index contributed by atoms with van der Waals surface area (Å²) in [6.45, 7) is 0.853. The van der Waals surface area contributed by atoms with E-state index in [1.54, 1.807) is 23.1 Å². The number of carbonyl (C=O) groups excluding carboxylic acids is 2. The quantitative estimate of drug-likeness (QED) is 0.887. The van der Waals surface area contributed by atoms with Gasteiger partial charge in [0, 0.05) is 25.7 Å². The van der Waals surface area contributed by atoms with Crippen LogP contribution in [0, 0.1) is 5.82 Å². The largest absolute Gasteiger partial charge is 0.346 e. The van der Waals surface area contributed by atoms with Gasteiger partial charge in [-0.15, -0.1) is 0 Å². The molecule has 2 N–H and O–H groups in total. The minimum atomic E-state index is -0.304. The van der Waals surface area contributed by atoms with Gasteiger partial charge in [0.25, 0.3) is 5.91 Å². The van der Waals surface area contributed by atoms with Crippen molar-refractivity contribution >= 4 is 11.8 Å². The smallest absolute Gasteiger partial charge is 0.269 e. The molecule has 0 radical (unpaired) electrons. The molecule has 1 atom stereocenters. The van der Waals surface area contributed by atoms with Crippen molar-refractivity contribution in [1.29, 1.82) is 0 Å². The maximum atomic E-state index is 12.9. The third-order valence-corrected chi connectivity index (χ3v) is 3.58. The molecular weight excluding hydrogens is 287 g/mol. The van der Waals surface area contributed by atoms with E-state index in [-0.39, 0.29) is 30.1 Å². The van der Waals surface area contributed by atoms with Gasteiger partial charge in [0.2, 0.25) is 5.91 Å². The zero-order chi connectivity index (χ0) is 15.5. The first kappa shape index (κ1) is 14.2. The molecule has 114 valence electrons. The van der Waals surface area contributed by atoms with Crippen molar-refractivity contribution < 1.29 is 14.0 Å². The lowest BCUT2D eigenvalue weighted by Gasteiger charge is -2.17. The number of rotatable bonds is 4. The number of H-pyrrole nitrogens is 1. The number of aromatic amines is 1. The van der Waals surface area contributed by atoms with E-state index in [4.69, 9.17) is 0 Å². The fourth-order valence-corrected chi connectivity index (χ4v) is 2.48. The average molecular weight is 302 g/mol. The number of likely N-dealkylation sites (tertiary alicyclic amines) is 1. The van der Waals surface area contributed by atoms with Crippen LogP contribution in [0.1, 0.15) is 22.5 Å². The van der Waals surface area contributed by atoms with Crippen molar-refractivity contribution in [2.24, 2.45) is 0 Å². The van der Waals surface area contributed by atoms with Crippen LogP contribution in [0.15, 0.2) is 36.5 Å². The molecule has 6 nitrogen and oxygen atoms in total. The maximum Gasteiger partial charge on any atom is 0.269 e. The molecule has 1 aliphatic heterocycles. The third kappa shape index (κ3) is 3.13. The molecule has 2 heterocycles. The van der Waals surface area contributed by atoms with E-state index < -0.39 is 0 Å². The summed E-state index contributed by atoms with van der Waals surface area (Å²) in [6, 6.07) is 7.38. The predicted octanol–water partition coefficient (Wildman–Crippen LogP) is 1.08. The number of benzene rings is 1. The van der Waals surface area contributed by atoms with E-state index in [1.807, 2.05) is 0 Å². The monoisotopic (exact) mass is 302 g/mol. The Bertz CT molecular complexity index is 669. The Morgan fingerprint density at radius 1 is 1.36 bits per heavy atom. The van der Waals surface area contributed by atoms with Crippen LogP contribution < -0.4 is 5.32 Å². The maximum absolute atomic E-state index is 12.9. The normalized spacial score (nSPS) is 17.8. The van der Waals surface area contributed by atoms with Gasteiger partial charge in [-0.3, -0.25) is 14.7 Å². The van der Waals surface area contributed by atoms with Crippen molar-refractivity contribution in [3.63, 3.8) is 0 Å². The minimum absolute atomic E-state index is 0.0285. The molecule has 7 heteroatoms. The second kappa shape index (κ2) is 5.97. The van der Waals surface area contributed by atoms with Gasteiger partial charge >= 0.3 is 0 Å². The average Bonchev–Trinajstić information content (AvgIpc) is 3.12. The topological polar surface area (TPSA) is 78.1 Å². The minimum Gasteiger partial charge on any atom is -0.346 e. The van der Waals surface area contributed by atoms with Crippen LogP contribution in [0.5, 0.6) is 0 Å². The summed E-state index contributed by atoms with van der Waals surface area (Å²) in [5, 5.41) is 9.10. The number of carbonyl (C=O) groups is 2. The summed E-state index contributed by atoms with van der Waals surface area (Å²) in [5.74, 6) is -0.612. The van der Waals surface area contributed by atoms with Gasteiger partial charge in [-0.25, -0.2) is 4.39 Å². The standard InChI is InChI=1S/C15H15FN4O2/c16-11-3-1-10(2-4-11)8-20-9-12(7-14(20)21)18-15(22)13-5-6-17-19-13/h1-6,12H,7-9H2,(H,17,19)(H,18,22). The molecule has 0 bridgehead atoms. The van der Waals surface area contributed by atoms with Crippen LogP contribution in [0.2, 0.25) is 0 Å². The van der Waals surface area contributed by atoms with Crippen LogP contribution in [0.3, 0.4) is 0 Å². The molecule has 22 heavy (non-hydrogen) atoms. The number of hydrogen-bond acceptors (Lipinski definition) is 3. The second-order valence-corrected chi connectivity index (χ2v) is 5.25. The lowest BCUT2D eigenvalue weighted by Crippen LogP contribution is -2.37. The van der Waals surface area contributed by atoms with E-state index in [2.05, 4.69) is 15.5 Å². The Morgan fingerprint density at radius 3 is 2.82 bits per heavy atom. The molecule has 0 saturated carbocycles. The van der Waals surface area contributed by atoms with Crippen LogP contribution >= 0.6 is 0 Å². The molecule has 1 fully saturated rings. The zero-order valence-corrected chi connectivity index (χ0v) is 11.8. The molecule has 3 rings (SSSR count). The summed E-state index contributed by atoms with van der Waals surface area (Å²) in [5.41, 5.74) is 1.22. The first-order valence-electron chi connectivity index (χ1n) is 6.94. The zero-order valence-electron chi connectivity index (χ0n) is 11.8. The van der Waals surface area contributed by atoms with E-state index in [0.717, 1.165) is 5.56 Å². The highest BCUT2D eigenvalue weighted by Gasteiger charge is 2.30. The molecule has 1 unspecified atom stereocenters. The van der Waals surface area contributed by atoms with Crippen molar-refractivity contribution in [2.75, 3.05) is 6.54 Å². The van der Waals surface area contributed by atoms with Gasteiger partial charge in [0.1, 0.15) is 11.5 Å². The first-order chi connectivity index (χ1) is 10.6.